The first-order valence-corrected chi connectivity index (χ1v) is 6.98. The van der Waals surface area contributed by atoms with Crippen LogP contribution in [0.3, 0.4) is 0 Å². The summed E-state index contributed by atoms with van der Waals surface area (Å²) >= 11 is 0. The fraction of sp³-hybridized carbons (Fsp3) is 0.353. The molecule has 0 saturated heterocycles. The van der Waals surface area contributed by atoms with Crippen LogP contribution in [0, 0.1) is 0 Å². The van der Waals surface area contributed by atoms with Crippen molar-refractivity contribution in [3.05, 3.63) is 59.9 Å². The van der Waals surface area contributed by atoms with Gasteiger partial charge in [0.2, 0.25) is 0 Å². The number of hydrogen-bond acceptors (Lipinski definition) is 3. The summed E-state index contributed by atoms with van der Waals surface area (Å²) in [6.45, 7) is 2.04. The maximum atomic E-state index is 5.16. The second kappa shape index (κ2) is 7.65. The van der Waals surface area contributed by atoms with Gasteiger partial charge in [-0.05, 0) is 55.8 Å². The van der Waals surface area contributed by atoms with Gasteiger partial charge in [-0.1, -0.05) is 18.2 Å². The monoisotopic (exact) mass is 270 g/mol. The third-order valence-electron chi connectivity index (χ3n) is 3.34. The van der Waals surface area contributed by atoms with E-state index >= 15 is 0 Å². The maximum Gasteiger partial charge on any atom is 0.118 e. The molecule has 20 heavy (non-hydrogen) atoms. The van der Waals surface area contributed by atoms with E-state index in [0.717, 1.165) is 31.7 Å². The normalized spacial score (nSPS) is 10.8. The first-order valence-electron chi connectivity index (χ1n) is 6.98. The molecule has 106 valence electrons. The quantitative estimate of drug-likeness (QED) is 0.773. The van der Waals surface area contributed by atoms with Crippen LogP contribution in [0.4, 0.5) is 0 Å². The standard InChI is InChI=1S/C17H22N2O/c1-19(14-16-5-3-11-18-13-16)12-4-6-15-7-9-17(20-2)10-8-15/h3,5,7-11,13H,4,6,12,14H2,1-2H3. The lowest BCUT2D eigenvalue weighted by atomic mass is 10.1. The molecule has 0 radical (unpaired) electrons. The van der Waals surface area contributed by atoms with Crippen molar-refractivity contribution in [3.63, 3.8) is 0 Å². The van der Waals surface area contributed by atoms with Crippen LogP contribution >= 0.6 is 0 Å². The molecule has 3 heteroatoms. The van der Waals surface area contributed by atoms with E-state index < -0.39 is 0 Å². The highest BCUT2D eigenvalue weighted by Crippen LogP contribution is 2.12. The summed E-state index contributed by atoms with van der Waals surface area (Å²) in [7, 11) is 3.85. The van der Waals surface area contributed by atoms with Crippen molar-refractivity contribution in [3.8, 4) is 5.75 Å². The molecule has 0 saturated carbocycles. The largest absolute Gasteiger partial charge is 0.497 e. The van der Waals surface area contributed by atoms with Crippen molar-refractivity contribution in [2.75, 3.05) is 20.7 Å². The molecule has 0 bridgehead atoms. The number of methoxy groups -OCH3 is 1. The Hall–Kier alpha value is -1.87. The molecule has 1 aromatic carbocycles. The van der Waals surface area contributed by atoms with Crippen molar-refractivity contribution in [1.29, 1.82) is 0 Å². The molecular weight excluding hydrogens is 248 g/mol. The lowest BCUT2D eigenvalue weighted by molar-refractivity contribution is 0.322. The van der Waals surface area contributed by atoms with E-state index in [9.17, 15) is 0 Å². The number of rotatable bonds is 7. The molecule has 0 amide bonds. The topological polar surface area (TPSA) is 25.4 Å². The van der Waals surface area contributed by atoms with Gasteiger partial charge in [0.1, 0.15) is 5.75 Å². The summed E-state index contributed by atoms with van der Waals surface area (Å²) < 4.78 is 5.16. The first-order chi connectivity index (χ1) is 9.78. The molecule has 2 rings (SSSR count). The van der Waals surface area contributed by atoms with Crippen molar-refractivity contribution >= 4 is 0 Å². The van der Waals surface area contributed by atoms with Gasteiger partial charge in [0.15, 0.2) is 0 Å². The summed E-state index contributed by atoms with van der Waals surface area (Å²) in [6.07, 6.45) is 6.00. The van der Waals surface area contributed by atoms with Crippen LogP contribution in [0.15, 0.2) is 48.8 Å². The minimum absolute atomic E-state index is 0.919. The second-order valence-corrected chi connectivity index (χ2v) is 5.05. The lowest BCUT2D eigenvalue weighted by Crippen LogP contribution is -2.19. The average molecular weight is 270 g/mol. The number of hydrogen-bond donors (Lipinski definition) is 0. The number of benzene rings is 1. The SMILES string of the molecule is COc1ccc(CCCN(C)Cc2cccnc2)cc1. The Morgan fingerprint density at radius 2 is 1.90 bits per heavy atom. The summed E-state index contributed by atoms with van der Waals surface area (Å²) in [4.78, 5) is 6.48. The molecule has 0 N–H and O–H groups in total. The number of aryl methyl sites for hydroxylation is 1. The highest BCUT2D eigenvalue weighted by molar-refractivity contribution is 5.27. The van der Waals surface area contributed by atoms with Gasteiger partial charge in [-0.25, -0.2) is 0 Å². The molecule has 2 aromatic rings. The van der Waals surface area contributed by atoms with Gasteiger partial charge in [0.05, 0.1) is 7.11 Å². The predicted octanol–water partition coefficient (Wildman–Crippen LogP) is 3.15. The van der Waals surface area contributed by atoms with Crippen LogP contribution in [0.2, 0.25) is 0 Å². The minimum Gasteiger partial charge on any atom is -0.497 e. The van der Waals surface area contributed by atoms with Crippen LogP contribution in [0.25, 0.3) is 0 Å². The molecule has 1 heterocycles. The first kappa shape index (κ1) is 14.5. The highest BCUT2D eigenvalue weighted by Gasteiger charge is 2.01. The Morgan fingerprint density at radius 3 is 2.55 bits per heavy atom. The van der Waals surface area contributed by atoms with E-state index in [1.165, 1.54) is 11.1 Å². The predicted molar refractivity (Wildman–Crippen MR) is 81.9 cm³/mol. The summed E-state index contributed by atoms with van der Waals surface area (Å²) in [5, 5.41) is 0. The van der Waals surface area contributed by atoms with Gasteiger partial charge in [-0.15, -0.1) is 0 Å². The van der Waals surface area contributed by atoms with Gasteiger partial charge in [-0.3, -0.25) is 4.98 Å². The summed E-state index contributed by atoms with van der Waals surface area (Å²) in [5.41, 5.74) is 2.63. The van der Waals surface area contributed by atoms with Crippen LogP contribution in [0.5, 0.6) is 5.75 Å². The van der Waals surface area contributed by atoms with Gasteiger partial charge in [0.25, 0.3) is 0 Å². The molecule has 0 aliphatic carbocycles. The molecule has 0 fully saturated rings. The Morgan fingerprint density at radius 1 is 1.10 bits per heavy atom. The smallest absolute Gasteiger partial charge is 0.118 e. The molecule has 0 atom stereocenters. The van der Waals surface area contributed by atoms with E-state index in [4.69, 9.17) is 4.74 Å². The lowest BCUT2D eigenvalue weighted by Gasteiger charge is -2.16. The van der Waals surface area contributed by atoms with Crippen molar-refractivity contribution in [2.45, 2.75) is 19.4 Å². The molecule has 0 aliphatic rings. The highest BCUT2D eigenvalue weighted by atomic mass is 16.5. The zero-order chi connectivity index (χ0) is 14.2. The van der Waals surface area contributed by atoms with E-state index in [2.05, 4.69) is 35.1 Å². The molecular formula is C17H22N2O. The molecule has 0 spiro atoms. The number of nitrogens with zero attached hydrogens (tertiary/aromatic N) is 2. The fourth-order valence-corrected chi connectivity index (χ4v) is 2.23. The number of aromatic nitrogens is 1. The van der Waals surface area contributed by atoms with Crippen molar-refractivity contribution < 1.29 is 4.74 Å². The third kappa shape index (κ3) is 4.67. The van der Waals surface area contributed by atoms with Gasteiger partial charge in [0, 0.05) is 18.9 Å². The Balaban J connectivity index is 1.72. The van der Waals surface area contributed by atoms with E-state index in [1.54, 1.807) is 7.11 Å². The Kier molecular flexibility index (Phi) is 5.56. The molecule has 0 aliphatic heterocycles. The Labute approximate surface area is 121 Å². The van der Waals surface area contributed by atoms with Gasteiger partial charge >= 0.3 is 0 Å². The maximum absolute atomic E-state index is 5.16. The second-order valence-electron chi connectivity index (χ2n) is 5.05. The molecule has 0 unspecified atom stereocenters. The number of pyridine rings is 1. The average Bonchev–Trinajstić information content (AvgIpc) is 2.49. The fourth-order valence-electron chi connectivity index (χ4n) is 2.23. The molecule has 1 aromatic heterocycles. The third-order valence-corrected chi connectivity index (χ3v) is 3.34. The Bertz CT molecular complexity index is 496. The zero-order valence-electron chi connectivity index (χ0n) is 12.2. The van der Waals surface area contributed by atoms with Crippen LogP contribution < -0.4 is 4.74 Å². The van der Waals surface area contributed by atoms with Crippen LogP contribution in [-0.4, -0.2) is 30.6 Å². The van der Waals surface area contributed by atoms with Gasteiger partial charge < -0.3 is 9.64 Å². The number of ether oxygens (including phenoxy) is 1. The van der Waals surface area contributed by atoms with Crippen molar-refractivity contribution in [1.82, 2.24) is 9.88 Å². The van der Waals surface area contributed by atoms with Crippen LogP contribution in [-0.2, 0) is 13.0 Å². The van der Waals surface area contributed by atoms with Crippen molar-refractivity contribution in [2.24, 2.45) is 0 Å². The van der Waals surface area contributed by atoms with E-state index in [-0.39, 0.29) is 0 Å². The zero-order valence-corrected chi connectivity index (χ0v) is 12.2. The van der Waals surface area contributed by atoms with Gasteiger partial charge in [-0.2, -0.15) is 0 Å². The minimum atomic E-state index is 0.919. The summed E-state index contributed by atoms with van der Waals surface area (Å²) in [5.74, 6) is 0.919. The summed E-state index contributed by atoms with van der Waals surface area (Å²) in [6, 6.07) is 12.4. The van der Waals surface area contributed by atoms with Crippen LogP contribution in [0.1, 0.15) is 17.5 Å². The van der Waals surface area contributed by atoms with E-state index in [1.807, 2.05) is 30.6 Å². The molecule has 3 nitrogen and oxygen atoms in total. The van der Waals surface area contributed by atoms with E-state index in [0.29, 0.717) is 0 Å².